The van der Waals surface area contributed by atoms with Gasteiger partial charge in [-0.2, -0.15) is 0 Å². The van der Waals surface area contributed by atoms with Gasteiger partial charge in [-0.25, -0.2) is 9.37 Å². The Labute approximate surface area is 143 Å². The number of aryl methyl sites for hydroxylation is 1. The number of ketones is 1. The third kappa shape index (κ3) is 4.09. The minimum Gasteiger partial charge on any atom is -0.454 e. The Morgan fingerprint density at radius 2 is 1.88 bits per heavy atom. The van der Waals surface area contributed by atoms with E-state index in [2.05, 4.69) is 4.98 Å². The number of oxazole rings is 1. The van der Waals surface area contributed by atoms with Gasteiger partial charge in [0.25, 0.3) is 0 Å². The monoisotopic (exact) mass is 341 g/mol. The summed E-state index contributed by atoms with van der Waals surface area (Å²) >= 11 is 0. The Bertz CT molecular complexity index is 868. The van der Waals surface area contributed by atoms with Crippen molar-refractivity contribution in [2.24, 2.45) is 0 Å². The van der Waals surface area contributed by atoms with Crippen molar-refractivity contribution >= 4 is 22.9 Å². The standard InChI is InChI=1S/C19H16FNO4/c1-12(19(23)13-6-8-14(20)9-7-13)24-18(22)11-10-17-21-15-4-2-3-5-16(15)25-17/h2-9,12H,10-11H2,1H3/t12-/m1/s1. The van der Waals surface area contributed by atoms with Crippen LogP contribution in [0.15, 0.2) is 52.9 Å². The lowest BCUT2D eigenvalue weighted by Crippen LogP contribution is -2.24. The molecule has 128 valence electrons. The summed E-state index contributed by atoms with van der Waals surface area (Å²) in [5.41, 5.74) is 1.68. The van der Waals surface area contributed by atoms with Crippen LogP contribution in [0.5, 0.6) is 0 Å². The number of aromatic nitrogens is 1. The summed E-state index contributed by atoms with van der Waals surface area (Å²) in [4.78, 5) is 28.4. The van der Waals surface area contributed by atoms with E-state index in [-0.39, 0.29) is 18.6 Å². The second-order valence-corrected chi connectivity index (χ2v) is 5.58. The Hall–Kier alpha value is -3.02. The average molecular weight is 341 g/mol. The van der Waals surface area contributed by atoms with Crippen molar-refractivity contribution in [3.8, 4) is 0 Å². The predicted molar refractivity (Wildman–Crippen MR) is 88.6 cm³/mol. The highest BCUT2D eigenvalue weighted by Gasteiger charge is 2.20. The Balaban J connectivity index is 1.54. The molecule has 0 aliphatic carbocycles. The first-order valence-electron chi connectivity index (χ1n) is 7.86. The number of hydrogen-bond acceptors (Lipinski definition) is 5. The molecule has 3 rings (SSSR count). The van der Waals surface area contributed by atoms with E-state index in [1.165, 1.54) is 31.2 Å². The van der Waals surface area contributed by atoms with E-state index >= 15 is 0 Å². The number of benzene rings is 2. The van der Waals surface area contributed by atoms with E-state index in [4.69, 9.17) is 9.15 Å². The maximum absolute atomic E-state index is 12.9. The summed E-state index contributed by atoms with van der Waals surface area (Å²) in [5, 5.41) is 0. The number of fused-ring (bicyclic) bond motifs is 1. The largest absolute Gasteiger partial charge is 0.454 e. The van der Waals surface area contributed by atoms with E-state index < -0.39 is 17.9 Å². The van der Waals surface area contributed by atoms with Crippen LogP contribution in [0, 0.1) is 5.82 Å². The van der Waals surface area contributed by atoms with Gasteiger partial charge in [0.15, 0.2) is 17.6 Å². The second kappa shape index (κ2) is 7.25. The van der Waals surface area contributed by atoms with Gasteiger partial charge >= 0.3 is 5.97 Å². The third-order valence-corrected chi connectivity index (χ3v) is 3.69. The molecule has 0 aliphatic heterocycles. The summed E-state index contributed by atoms with van der Waals surface area (Å²) in [5.74, 6) is -0.893. The van der Waals surface area contributed by atoms with Crippen LogP contribution in [0.2, 0.25) is 0 Å². The van der Waals surface area contributed by atoms with Crippen LogP contribution in [0.4, 0.5) is 4.39 Å². The zero-order chi connectivity index (χ0) is 17.8. The zero-order valence-electron chi connectivity index (χ0n) is 13.6. The topological polar surface area (TPSA) is 69.4 Å². The lowest BCUT2D eigenvalue weighted by molar-refractivity contribution is -0.146. The molecule has 3 aromatic rings. The van der Waals surface area contributed by atoms with Crippen LogP contribution in [0.3, 0.4) is 0 Å². The van der Waals surface area contributed by atoms with Crippen molar-refractivity contribution in [3.05, 3.63) is 65.8 Å². The van der Waals surface area contributed by atoms with Gasteiger partial charge in [-0.05, 0) is 43.3 Å². The summed E-state index contributed by atoms with van der Waals surface area (Å²) in [6.45, 7) is 1.49. The highest BCUT2D eigenvalue weighted by molar-refractivity contribution is 6.00. The molecule has 0 fully saturated rings. The number of nitrogens with zero attached hydrogens (tertiary/aromatic N) is 1. The molecule has 1 heterocycles. The first-order chi connectivity index (χ1) is 12.0. The van der Waals surface area contributed by atoms with E-state index in [9.17, 15) is 14.0 Å². The summed E-state index contributed by atoms with van der Waals surface area (Å²) < 4.78 is 23.6. The molecule has 0 N–H and O–H groups in total. The molecule has 5 nitrogen and oxygen atoms in total. The number of carbonyl (C=O) groups excluding carboxylic acids is 2. The van der Waals surface area contributed by atoms with Crippen molar-refractivity contribution < 1.29 is 23.1 Å². The highest BCUT2D eigenvalue weighted by Crippen LogP contribution is 2.16. The number of esters is 1. The number of para-hydroxylation sites is 2. The number of ether oxygens (including phenoxy) is 1. The molecule has 1 aromatic heterocycles. The Morgan fingerprint density at radius 1 is 1.16 bits per heavy atom. The van der Waals surface area contributed by atoms with Gasteiger partial charge in [0.1, 0.15) is 11.3 Å². The third-order valence-electron chi connectivity index (χ3n) is 3.69. The fraction of sp³-hybridized carbons (Fsp3) is 0.211. The highest BCUT2D eigenvalue weighted by atomic mass is 19.1. The van der Waals surface area contributed by atoms with Crippen molar-refractivity contribution in [1.82, 2.24) is 4.98 Å². The minimum absolute atomic E-state index is 0.0495. The molecular formula is C19H16FNO4. The van der Waals surface area contributed by atoms with Crippen molar-refractivity contribution in [2.45, 2.75) is 25.9 Å². The summed E-state index contributed by atoms with van der Waals surface area (Å²) in [7, 11) is 0. The maximum atomic E-state index is 12.9. The average Bonchev–Trinajstić information content (AvgIpc) is 3.03. The molecule has 0 aliphatic rings. The van der Waals surface area contributed by atoms with Crippen molar-refractivity contribution in [1.29, 1.82) is 0 Å². The normalized spacial score (nSPS) is 12.1. The number of rotatable bonds is 6. The summed E-state index contributed by atoms with van der Waals surface area (Å²) in [6.07, 6.45) is -0.611. The van der Waals surface area contributed by atoms with Gasteiger partial charge in [0.2, 0.25) is 5.78 Å². The fourth-order valence-electron chi connectivity index (χ4n) is 2.39. The van der Waals surface area contributed by atoms with Gasteiger partial charge in [0, 0.05) is 12.0 Å². The molecule has 0 unspecified atom stereocenters. The molecule has 25 heavy (non-hydrogen) atoms. The Kier molecular flexibility index (Phi) is 4.88. The van der Waals surface area contributed by atoms with Gasteiger partial charge < -0.3 is 9.15 Å². The number of halogens is 1. The molecule has 0 amide bonds. The van der Waals surface area contributed by atoms with Crippen LogP contribution < -0.4 is 0 Å². The first kappa shape index (κ1) is 16.8. The molecule has 2 aromatic carbocycles. The predicted octanol–water partition coefficient (Wildman–Crippen LogP) is 3.71. The van der Waals surface area contributed by atoms with Crippen LogP contribution in [-0.4, -0.2) is 22.8 Å². The lowest BCUT2D eigenvalue weighted by Gasteiger charge is -2.12. The number of carbonyl (C=O) groups is 2. The molecule has 0 radical (unpaired) electrons. The van der Waals surface area contributed by atoms with Crippen LogP contribution in [-0.2, 0) is 16.0 Å². The van der Waals surface area contributed by atoms with Gasteiger partial charge in [-0.1, -0.05) is 12.1 Å². The molecule has 0 saturated carbocycles. The van der Waals surface area contributed by atoms with E-state index in [0.717, 1.165) is 5.52 Å². The van der Waals surface area contributed by atoms with Crippen LogP contribution in [0.25, 0.3) is 11.1 Å². The fourth-order valence-corrected chi connectivity index (χ4v) is 2.39. The molecule has 6 heteroatoms. The van der Waals surface area contributed by atoms with E-state index in [1.54, 1.807) is 6.07 Å². The first-order valence-corrected chi connectivity index (χ1v) is 7.86. The van der Waals surface area contributed by atoms with Gasteiger partial charge in [-0.15, -0.1) is 0 Å². The van der Waals surface area contributed by atoms with Gasteiger partial charge in [0.05, 0.1) is 6.42 Å². The van der Waals surface area contributed by atoms with Crippen molar-refractivity contribution in [2.75, 3.05) is 0 Å². The molecule has 1 atom stereocenters. The van der Waals surface area contributed by atoms with E-state index in [1.807, 2.05) is 18.2 Å². The van der Waals surface area contributed by atoms with Crippen molar-refractivity contribution in [3.63, 3.8) is 0 Å². The molecule has 0 saturated heterocycles. The maximum Gasteiger partial charge on any atom is 0.307 e. The number of hydrogen-bond donors (Lipinski definition) is 0. The van der Waals surface area contributed by atoms with Crippen LogP contribution >= 0.6 is 0 Å². The second-order valence-electron chi connectivity index (χ2n) is 5.58. The quantitative estimate of drug-likeness (QED) is 0.505. The van der Waals surface area contributed by atoms with E-state index in [0.29, 0.717) is 17.0 Å². The molecule has 0 spiro atoms. The molecule has 0 bridgehead atoms. The zero-order valence-corrected chi connectivity index (χ0v) is 13.6. The molecular weight excluding hydrogens is 325 g/mol. The van der Waals surface area contributed by atoms with Crippen LogP contribution in [0.1, 0.15) is 29.6 Å². The number of Topliss-reactive ketones (excluding diaryl/α,β-unsaturated/α-hetero) is 1. The van der Waals surface area contributed by atoms with Gasteiger partial charge in [-0.3, -0.25) is 9.59 Å². The lowest BCUT2D eigenvalue weighted by atomic mass is 10.1. The smallest absolute Gasteiger partial charge is 0.307 e. The minimum atomic E-state index is -0.943. The Morgan fingerprint density at radius 3 is 2.60 bits per heavy atom. The summed E-state index contributed by atoms with van der Waals surface area (Å²) in [6, 6.07) is 12.4. The SMILES string of the molecule is C[C@@H](OC(=O)CCc1nc2ccccc2o1)C(=O)c1ccc(F)cc1.